The van der Waals surface area contributed by atoms with E-state index in [9.17, 15) is 9.59 Å². The van der Waals surface area contributed by atoms with Crippen molar-refractivity contribution >= 4 is 11.9 Å². The van der Waals surface area contributed by atoms with Gasteiger partial charge in [0.25, 0.3) is 0 Å². The van der Waals surface area contributed by atoms with E-state index in [0.29, 0.717) is 38.8 Å². The lowest BCUT2D eigenvalue weighted by atomic mass is 9.89. The number of nitrogens with one attached hydrogen (secondary N) is 1. The smallest absolute Gasteiger partial charge is 0.317 e. The molecule has 3 rings (SSSR count). The first kappa shape index (κ1) is 22.3. The molecule has 3 amide bonds. The van der Waals surface area contributed by atoms with Gasteiger partial charge in [0.05, 0.1) is 19.1 Å². The summed E-state index contributed by atoms with van der Waals surface area (Å²) >= 11 is 0. The van der Waals surface area contributed by atoms with Gasteiger partial charge < -0.3 is 19.9 Å². The fourth-order valence-corrected chi connectivity index (χ4v) is 4.42. The molecule has 1 aromatic rings. The Morgan fingerprint density at radius 2 is 1.87 bits per heavy atom. The van der Waals surface area contributed by atoms with Crippen molar-refractivity contribution < 1.29 is 14.3 Å². The van der Waals surface area contributed by atoms with Gasteiger partial charge in [0.2, 0.25) is 5.91 Å². The van der Waals surface area contributed by atoms with Crippen molar-refractivity contribution in [2.45, 2.75) is 38.0 Å². The van der Waals surface area contributed by atoms with Gasteiger partial charge in [0.15, 0.2) is 0 Å². The van der Waals surface area contributed by atoms with E-state index in [1.54, 1.807) is 6.08 Å². The highest BCUT2D eigenvalue weighted by atomic mass is 16.5. The molecule has 164 valence electrons. The Morgan fingerprint density at radius 1 is 1.17 bits per heavy atom. The van der Waals surface area contributed by atoms with Crippen LogP contribution < -0.4 is 5.32 Å². The molecule has 1 unspecified atom stereocenters. The molecular formula is C24H35N3O3. The van der Waals surface area contributed by atoms with Gasteiger partial charge >= 0.3 is 6.03 Å². The average Bonchev–Trinajstić information content (AvgIpc) is 2.80. The normalized spacial score (nSPS) is 18.5. The van der Waals surface area contributed by atoms with Crippen LogP contribution in [0.2, 0.25) is 0 Å². The fraction of sp³-hybridized carbons (Fsp3) is 0.583. The average molecular weight is 414 g/mol. The summed E-state index contributed by atoms with van der Waals surface area (Å²) in [5.74, 6) is 0.213. The van der Waals surface area contributed by atoms with E-state index in [4.69, 9.17) is 4.74 Å². The Hall–Kier alpha value is -2.34. The van der Waals surface area contributed by atoms with Gasteiger partial charge in [0, 0.05) is 32.7 Å². The highest BCUT2D eigenvalue weighted by molar-refractivity contribution is 5.85. The van der Waals surface area contributed by atoms with Crippen LogP contribution in [0.5, 0.6) is 0 Å². The van der Waals surface area contributed by atoms with Gasteiger partial charge in [-0.1, -0.05) is 55.7 Å². The highest BCUT2D eigenvalue weighted by Gasteiger charge is 2.28. The van der Waals surface area contributed by atoms with E-state index < -0.39 is 5.92 Å². The summed E-state index contributed by atoms with van der Waals surface area (Å²) in [4.78, 5) is 29.9. The second-order valence-corrected chi connectivity index (χ2v) is 8.28. The second-order valence-electron chi connectivity index (χ2n) is 8.28. The van der Waals surface area contributed by atoms with Crippen molar-refractivity contribution in [2.24, 2.45) is 5.92 Å². The number of benzene rings is 1. The molecule has 1 aliphatic carbocycles. The first-order valence-electron chi connectivity index (χ1n) is 11.2. The van der Waals surface area contributed by atoms with Crippen LogP contribution >= 0.6 is 0 Å². The van der Waals surface area contributed by atoms with Gasteiger partial charge in [0.1, 0.15) is 0 Å². The Kier molecular flexibility index (Phi) is 8.75. The zero-order chi connectivity index (χ0) is 21.2. The van der Waals surface area contributed by atoms with Crippen molar-refractivity contribution in [2.75, 3.05) is 45.9 Å². The highest BCUT2D eigenvalue weighted by Crippen LogP contribution is 2.24. The zero-order valence-electron chi connectivity index (χ0n) is 17.9. The minimum atomic E-state index is -0.395. The molecule has 6 heteroatoms. The Bertz CT molecular complexity index is 682. The molecule has 0 bridgehead atoms. The minimum absolute atomic E-state index is 0.0485. The molecule has 0 spiro atoms. The molecule has 1 aromatic carbocycles. The molecule has 1 atom stereocenters. The van der Waals surface area contributed by atoms with Crippen molar-refractivity contribution in [3.05, 3.63) is 48.6 Å². The molecular weight excluding hydrogens is 378 g/mol. The summed E-state index contributed by atoms with van der Waals surface area (Å²) in [6.45, 7) is 7.70. The number of nitrogens with zero attached hydrogens (tertiary/aromatic N) is 2. The minimum Gasteiger partial charge on any atom is -0.378 e. The third-order valence-electron chi connectivity index (χ3n) is 6.12. The van der Waals surface area contributed by atoms with Crippen LogP contribution in [0.4, 0.5) is 4.79 Å². The molecule has 2 aliphatic rings. The van der Waals surface area contributed by atoms with Gasteiger partial charge in [-0.3, -0.25) is 4.79 Å². The quantitative estimate of drug-likeness (QED) is 0.665. The maximum absolute atomic E-state index is 13.2. The first-order chi connectivity index (χ1) is 14.7. The number of amides is 3. The molecule has 1 saturated carbocycles. The van der Waals surface area contributed by atoms with Crippen molar-refractivity contribution in [1.29, 1.82) is 0 Å². The summed E-state index contributed by atoms with van der Waals surface area (Å²) in [6, 6.07) is 9.61. The maximum Gasteiger partial charge on any atom is 0.317 e. The number of ether oxygens (including phenoxy) is 1. The molecule has 0 radical (unpaired) electrons. The monoisotopic (exact) mass is 413 g/mol. The zero-order valence-corrected chi connectivity index (χ0v) is 17.9. The molecule has 30 heavy (non-hydrogen) atoms. The predicted octanol–water partition coefficient (Wildman–Crippen LogP) is 3.41. The first-order valence-corrected chi connectivity index (χ1v) is 11.2. The fourth-order valence-electron chi connectivity index (χ4n) is 4.42. The molecule has 1 heterocycles. The number of carbonyl (C=O) groups is 2. The van der Waals surface area contributed by atoms with Gasteiger partial charge in [-0.05, 0) is 24.3 Å². The van der Waals surface area contributed by atoms with Gasteiger partial charge in [-0.25, -0.2) is 4.79 Å². The van der Waals surface area contributed by atoms with Crippen molar-refractivity contribution in [3.8, 4) is 0 Å². The molecule has 0 aromatic heterocycles. The molecule has 1 aliphatic heterocycles. The predicted molar refractivity (Wildman–Crippen MR) is 118 cm³/mol. The third-order valence-corrected chi connectivity index (χ3v) is 6.12. The van der Waals surface area contributed by atoms with E-state index >= 15 is 0 Å². The molecule has 1 N–H and O–H groups in total. The van der Waals surface area contributed by atoms with E-state index in [-0.39, 0.29) is 18.5 Å². The summed E-state index contributed by atoms with van der Waals surface area (Å²) in [6.07, 6.45) is 7.94. The number of rotatable bonds is 8. The number of morpholine rings is 1. The number of hydrogen-bond donors (Lipinski definition) is 1. The summed E-state index contributed by atoms with van der Waals surface area (Å²) < 4.78 is 5.38. The van der Waals surface area contributed by atoms with Crippen LogP contribution in [0.1, 0.15) is 43.6 Å². The maximum atomic E-state index is 13.2. The number of hydrogen-bond acceptors (Lipinski definition) is 3. The Balaban J connectivity index is 1.64. The van der Waals surface area contributed by atoms with Gasteiger partial charge in [-0.15, -0.1) is 6.58 Å². The summed E-state index contributed by atoms with van der Waals surface area (Å²) in [5.41, 5.74) is 0.928. The summed E-state index contributed by atoms with van der Waals surface area (Å²) in [5, 5.41) is 3.04. The van der Waals surface area contributed by atoms with Crippen LogP contribution in [0.25, 0.3) is 0 Å². The van der Waals surface area contributed by atoms with E-state index in [1.807, 2.05) is 40.1 Å². The lowest BCUT2D eigenvalue weighted by Gasteiger charge is -2.32. The lowest BCUT2D eigenvalue weighted by molar-refractivity contribution is -0.136. The Morgan fingerprint density at radius 3 is 2.53 bits per heavy atom. The lowest BCUT2D eigenvalue weighted by Crippen LogP contribution is -2.48. The van der Waals surface area contributed by atoms with E-state index in [2.05, 4.69) is 11.9 Å². The third kappa shape index (κ3) is 6.33. The largest absolute Gasteiger partial charge is 0.378 e. The van der Waals surface area contributed by atoms with Crippen LogP contribution in [0, 0.1) is 5.92 Å². The topological polar surface area (TPSA) is 61.9 Å². The molecule has 1 saturated heterocycles. The molecule has 6 nitrogen and oxygen atoms in total. The van der Waals surface area contributed by atoms with Crippen LogP contribution in [0.3, 0.4) is 0 Å². The SMILES string of the molecule is C=CCN(CC1CCCCC1)C(=O)NCC(C(=O)N1CCOCC1)c1ccccc1. The van der Waals surface area contributed by atoms with Crippen LogP contribution in [0.15, 0.2) is 43.0 Å². The number of carbonyl (C=O) groups excluding carboxylic acids is 2. The number of urea groups is 1. The standard InChI is InChI=1S/C24H35N3O3/c1-2-13-27(19-20-9-5-3-6-10-20)24(29)25-18-22(21-11-7-4-8-12-21)23(28)26-14-16-30-17-15-26/h2,4,7-8,11-12,20,22H,1,3,5-6,9-10,13-19H2,(H,25,29). The van der Waals surface area contributed by atoms with Crippen LogP contribution in [-0.4, -0.2) is 67.7 Å². The summed E-state index contributed by atoms with van der Waals surface area (Å²) in [7, 11) is 0. The Labute approximate surface area is 180 Å². The second kappa shape index (κ2) is 11.7. The van der Waals surface area contributed by atoms with Crippen molar-refractivity contribution in [3.63, 3.8) is 0 Å². The van der Waals surface area contributed by atoms with Crippen molar-refractivity contribution in [1.82, 2.24) is 15.1 Å². The molecule has 2 fully saturated rings. The van der Waals surface area contributed by atoms with Gasteiger partial charge in [-0.2, -0.15) is 0 Å². The van der Waals surface area contributed by atoms with Crippen LogP contribution in [-0.2, 0) is 9.53 Å². The van der Waals surface area contributed by atoms with E-state index in [0.717, 1.165) is 12.1 Å². The van der Waals surface area contributed by atoms with E-state index in [1.165, 1.54) is 32.1 Å².